The van der Waals surface area contributed by atoms with Crippen LogP contribution in [0.3, 0.4) is 0 Å². The van der Waals surface area contributed by atoms with Crippen molar-refractivity contribution in [2.45, 2.75) is 25.6 Å². The summed E-state index contributed by atoms with van der Waals surface area (Å²) in [5.74, 6) is 0.0424. The molecule has 0 bridgehead atoms. The van der Waals surface area contributed by atoms with Crippen LogP contribution in [0.25, 0.3) is 0 Å². The number of aliphatic hydroxyl groups excluding tert-OH is 1. The Bertz CT molecular complexity index is 409. The summed E-state index contributed by atoms with van der Waals surface area (Å²) in [6.07, 6.45) is 2.28. The highest BCUT2D eigenvalue weighted by Crippen LogP contribution is 2.17. The molecule has 0 fully saturated rings. The maximum Gasteiger partial charge on any atom is 0.161 e. The molecule has 0 heterocycles. The minimum atomic E-state index is -0.784. The smallest absolute Gasteiger partial charge is 0.161 e. The molecule has 90 valence electrons. The molecule has 1 aliphatic carbocycles. The van der Waals surface area contributed by atoms with E-state index in [4.69, 9.17) is 4.74 Å². The minimum absolute atomic E-state index is 0.0424. The third kappa shape index (κ3) is 3.25. The van der Waals surface area contributed by atoms with Gasteiger partial charge >= 0.3 is 0 Å². The first-order chi connectivity index (χ1) is 8.27. The Labute approximate surface area is 101 Å². The van der Waals surface area contributed by atoms with Gasteiger partial charge in [-0.2, -0.15) is 0 Å². The summed E-state index contributed by atoms with van der Waals surface area (Å²) in [6.45, 7) is 0.631. The number of carbonyl (C=O) groups is 1. The molecule has 1 N–H and O–H groups in total. The van der Waals surface area contributed by atoms with Gasteiger partial charge in [0.25, 0.3) is 0 Å². The van der Waals surface area contributed by atoms with Crippen LogP contribution in [-0.4, -0.2) is 23.6 Å². The van der Waals surface area contributed by atoms with E-state index >= 15 is 0 Å². The molecular formula is C14H16O3. The average molecular weight is 232 g/mol. The van der Waals surface area contributed by atoms with E-state index in [9.17, 15) is 9.90 Å². The van der Waals surface area contributed by atoms with Gasteiger partial charge < -0.3 is 9.84 Å². The lowest BCUT2D eigenvalue weighted by atomic mass is 10.1. The van der Waals surface area contributed by atoms with Crippen molar-refractivity contribution in [2.75, 3.05) is 6.61 Å². The van der Waals surface area contributed by atoms with Crippen molar-refractivity contribution in [1.29, 1.82) is 0 Å². The van der Waals surface area contributed by atoms with Gasteiger partial charge in [-0.25, -0.2) is 0 Å². The van der Waals surface area contributed by atoms with Crippen LogP contribution in [0.2, 0.25) is 0 Å². The summed E-state index contributed by atoms with van der Waals surface area (Å²) in [4.78, 5) is 11.4. The first kappa shape index (κ1) is 12.0. The van der Waals surface area contributed by atoms with E-state index in [1.165, 1.54) is 0 Å². The fraction of sp³-hybridized carbons (Fsp3) is 0.357. The van der Waals surface area contributed by atoms with Gasteiger partial charge in [-0.05, 0) is 12.0 Å². The monoisotopic (exact) mass is 232 g/mol. The van der Waals surface area contributed by atoms with Crippen molar-refractivity contribution in [3.05, 3.63) is 47.5 Å². The van der Waals surface area contributed by atoms with Crippen molar-refractivity contribution in [3.63, 3.8) is 0 Å². The molecule has 0 spiro atoms. The van der Waals surface area contributed by atoms with Crippen LogP contribution < -0.4 is 0 Å². The maximum atomic E-state index is 11.4. The molecular weight excluding hydrogens is 216 g/mol. The molecule has 1 aromatic carbocycles. The van der Waals surface area contributed by atoms with E-state index < -0.39 is 6.10 Å². The van der Waals surface area contributed by atoms with Gasteiger partial charge in [-0.3, -0.25) is 4.79 Å². The second-order valence-corrected chi connectivity index (χ2v) is 4.14. The first-order valence-electron chi connectivity index (χ1n) is 5.80. The molecule has 0 amide bonds. The van der Waals surface area contributed by atoms with Crippen molar-refractivity contribution in [1.82, 2.24) is 0 Å². The van der Waals surface area contributed by atoms with Crippen molar-refractivity contribution < 1.29 is 14.6 Å². The van der Waals surface area contributed by atoms with Gasteiger partial charge in [0.15, 0.2) is 5.78 Å². The average Bonchev–Trinajstić information content (AvgIpc) is 2.77. The number of ether oxygens (including phenoxy) is 1. The lowest BCUT2D eigenvalue weighted by Gasteiger charge is -2.11. The highest BCUT2D eigenvalue weighted by atomic mass is 16.5. The Morgan fingerprint density at radius 3 is 2.71 bits per heavy atom. The SMILES string of the molecule is O=C1CCC=C1C(O)COCc1ccccc1. The number of carbonyl (C=O) groups excluding carboxylic acids is 1. The molecule has 17 heavy (non-hydrogen) atoms. The summed E-state index contributed by atoms with van der Waals surface area (Å²) in [7, 11) is 0. The van der Waals surface area contributed by atoms with Crippen LogP contribution >= 0.6 is 0 Å². The van der Waals surface area contributed by atoms with Crippen LogP contribution in [0.1, 0.15) is 18.4 Å². The van der Waals surface area contributed by atoms with Gasteiger partial charge in [0.1, 0.15) is 6.10 Å². The Hall–Kier alpha value is -1.45. The number of rotatable bonds is 5. The standard InChI is InChI=1S/C14H16O3/c15-13-8-4-7-12(13)14(16)10-17-9-11-5-2-1-3-6-11/h1-3,5-7,14,16H,4,8-10H2. The predicted octanol–water partition coefficient (Wildman–Crippen LogP) is 1.85. The number of allylic oxidation sites excluding steroid dienone is 1. The summed E-state index contributed by atoms with van der Waals surface area (Å²) >= 11 is 0. The van der Waals surface area contributed by atoms with E-state index in [0.717, 1.165) is 12.0 Å². The molecule has 3 nitrogen and oxygen atoms in total. The highest BCUT2D eigenvalue weighted by molar-refractivity contribution is 5.98. The molecule has 1 atom stereocenters. The summed E-state index contributed by atoms with van der Waals surface area (Å²) in [5.41, 5.74) is 1.57. The second kappa shape index (κ2) is 5.75. The number of hydrogen-bond donors (Lipinski definition) is 1. The largest absolute Gasteiger partial charge is 0.386 e. The predicted molar refractivity (Wildman–Crippen MR) is 64.4 cm³/mol. The van der Waals surface area contributed by atoms with Crippen molar-refractivity contribution >= 4 is 5.78 Å². The summed E-state index contributed by atoms with van der Waals surface area (Å²) in [5, 5.41) is 9.78. The third-order valence-electron chi connectivity index (χ3n) is 2.80. The minimum Gasteiger partial charge on any atom is -0.386 e. The number of ketones is 1. The highest BCUT2D eigenvalue weighted by Gasteiger charge is 2.22. The van der Waals surface area contributed by atoms with Gasteiger partial charge in [0, 0.05) is 12.0 Å². The van der Waals surface area contributed by atoms with E-state index in [2.05, 4.69) is 0 Å². The van der Waals surface area contributed by atoms with Gasteiger partial charge in [-0.1, -0.05) is 36.4 Å². The molecule has 0 saturated carbocycles. The molecule has 3 heteroatoms. The fourth-order valence-corrected chi connectivity index (χ4v) is 1.89. The van der Waals surface area contributed by atoms with E-state index in [-0.39, 0.29) is 12.4 Å². The normalized spacial score (nSPS) is 17.0. The van der Waals surface area contributed by atoms with Crippen LogP contribution in [0.5, 0.6) is 0 Å². The van der Waals surface area contributed by atoms with Gasteiger partial charge in [0.2, 0.25) is 0 Å². The Balaban J connectivity index is 1.77. The number of Topliss-reactive ketones (excluding diaryl/α,β-unsaturated/α-hetero) is 1. The molecule has 0 radical (unpaired) electrons. The number of hydrogen-bond acceptors (Lipinski definition) is 3. The van der Waals surface area contributed by atoms with Gasteiger partial charge in [0.05, 0.1) is 13.2 Å². The van der Waals surface area contributed by atoms with Crippen LogP contribution in [0.4, 0.5) is 0 Å². The topological polar surface area (TPSA) is 46.5 Å². The first-order valence-corrected chi connectivity index (χ1v) is 5.80. The number of aliphatic hydroxyl groups is 1. The van der Waals surface area contributed by atoms with Crippen molar-refractivity contribution in [2.24, 2.45) is 0 Å². The Kier molecular flexibility index (Phi) is 4.07. The van der Waals surface area contributed by atoms with E-state index in [1.807, 2.05) is 30.3 Å². The number of benzene rings is 1. The van der Waals surface area contributed by atoms with Crippen LogP contribution in [0.15, 0.2) is 42.0 Å². The fourth-order valence-electron chi connectivity index (χ4n) is 1.89. The zero-order valence-electron chi connectivity index (χ0n) is 9.63. The van der Waals surface area contributed by atoms with Gasteiger partial charge in [-0.15, -0.1) is 0 Å². The zero-order valence-corrected chi connectivity index (χ0v) is 9.63. The Morgan fingerprint density at radius 1 is 1.29 bits per heavy atom. The Morgan fingerprint density at radius 2 is 2.06 bits per heavy atom. The van der Waals surface area contributed by atoms with E-state index in [1.54, 1.807) is 6.08 Å². The molecule has 0 aliphatic heterocycles. The van der Waals surface area contributed by atoms with Crippen molar-refractivity contribution in [3.8, 4) is 0 Å². The quantitative estimate of drug-likeness (QED) is 0.842. The van der Waals surface area contributed by atoms with E-state index in [0.29, 0.717) is 18.6 Å². The molecule has 1 unspecified atom stereocenters. The molecule has 0 saturated heterocycles. The summed E-state index contributed by atoms with van der Waals surface area (Å²) < 4.78 is 5.40. The summed E-state index contributed by atoms with van der Waals surface area (Å²) in [6, 6.07) is 9.76. The lowest BCUT2D eigenvalue weighted by molar-refractivity contribution is -0.116. The molecule has 0 aromatic heterocycles. The molecule has 1 aliphatic rings. The lowest BCUT2D eigenvalue weighted by Crippen LogP contribution is -2.21. The second-order valence-electron chi connectivity index (χ2n) is 4.14. The molecule has 2 rings (SSSR count). The van der Waals surface area contributed by atoms with Crippen LogP contribution in [0, 0.1) is 0 Å². The molecule has 1 aromatic rings. The zero-order chi connectivity index (χ0) is 12.1. The maximum absolute atomic E-state index is 11.4. The van der Waals surface area contributed by atoms with Crippen LogP contribution in [-0.2, 0) is 16.1 Å². The third-order valence-corrected chi connectivity index (χ3v) is 2.80.